The monoisotopic (exact) mass is 649 g/mol. The van der Waals surface area contributed by atoms with Gasteiger partial charge >= 0.3 is 0 Å². The van der Waals surface area contributed by atoms with Gasteiger partial charge in [0.1, 0.15) is 18.4 Å². The van der Waals surface area contributed by atoms with Crippen molar-refractivity contribution in [1.82, 2.24) is 10.2 Å². The molecule has 45 heavy (non-hydrogen) atoms. The minimum atomic E-state index is -4.24. The topological polar surface area (TPSA) is 86.8 Å². The first-order valence-electron chi connectivity index (χ1n) is 14.7. The molecule has 4 rings (SSSR count). The SMILES string of the molecule is CCCNC(=O)C(Cc1ccccc1)N(Cc1ccc(F)cc1)C(=O)CN(c1ccc(Cl)cc1C)S(=O)(=O)c1ccc(C)cc1. The Morgan fingerprint density at radius 1 is 0.889 bits per heavy atom. The number of nitrogens with zero attached hydrogens (tertiary/aromatic N) is 2. The lowest BCUT2D eigenvalue weighted by atomic mass is 10.0. The number of halogens is 2. The number of rotatable bonds is 13. The van der Waals surface area contributed by atoms with Crippen LogP contribution < -0.4 is 9.62 Å². The summed E-state index contributed by atoms with van der Waals surface area (Å²) in [7, 11) is -4.24. The summed E-state index contributed by atoms with van der Waals surface area (Å²) in [6.45, 7) is 5.26. The van der Waals surface area contributed by atoms with Gasteiger partial charge in [0.25, 0.3) is 10.0 Å². The molecule has 236 valence electrons. The molecule has 0 saturated heterocycles. The standard InChI is InChI=1S/C35H37ClFN3O4S/c1-4-20-38-35(42)33(22-27-8-6-5-7-9-27)39(23-28-12-15-30(37)16-13-28)34(41)24-40(32-19-14-29(36)21-26(32)3)45(43,44)31-17-10-25(2)11-18-31/h5-19,21,33H,4,20,22-24H2,1-3H3,(H,38,42). The summed E-state index contributed by atoms with van der Waals surface area (Å²) in [5, 5.41) is 3.33. The number of carbonyl (C=O) groups is 2. The summed E-state index contributed by atoms with van der Waals surface area (Å²) in [6.07, 6.45) is 0.877. The van der Waals surface area contributed by atoms with E-state index in [4.69, 9.17) is 11.6 Å². The summed E-state index contributed by atoms with van der Waals surface area (Å²) in [4.78, 5) is 29.5. The Balaban J connectivity index is 1.81. The lowest BCUT2D eigenvalue weighted by molar-refractivity contribution is -0.140. The third-order valence-electron chi connectivity index (χ3n) is 7.40. The first kappa shape index (κ1) is 33.7. The number of hydrogen-bond donors (Lipinski definition) is 1. The Kier molecular flexibility index (Phi) is 11.4. The molecule has 0 spiro atoms. The Hall–Kier alpha value is -4.21. The van der Waals surface area contributed by atoms with E-state index in [0.717, 1.165) is 15.4 Å². The molecule has 4 aromatic carbocycles. The highest BCUT2D eigenvalue weighted by molar-refractivity contribution is 7.92. The zero-order valence-corrected chi connectivity index (χ0v) is 27.1. The number of amides is 2. The van der Waals surface area contributed by atoms with Crippen molar-refractivity contribution in [2.24, 2.45) is 0 Å². The first-order valence-corrected chi connectivity index (χ1v) is 16.5. The quantitative estimate of drug-likeness (QED) is 0.180. The first-order chi connectivity index (χ1) is 21.5. The van der Waals surface area contributed by atoms with Gasteiger partial charge in [-0.15, -0.1) is 0 Å². The molecule has 0 aliphatic rings. The molecule has 0 aromatic heterocycles. The summed E-state index contributed by atoms with van der Waals surface area (Å²) < 4.78 is 43.2. The molecular weight excluding hydrogens is 613 g/mol. The molecule has 0 radical (unpaired) electrons. The van der Waals surface area contributed by atoms with Gasteiger partial charge in [-0.25, -0.2) is 12.8 Å². The lowest BCUT2D eigenvalue weighted by Crippen LogP contribution is -2.53. The molecule has 10 heteroatoms. The number of sulfonamides is 1. The summed E-state index contributed by atoms with van der Waals surface area (Å²) in [5.74, 6) is -1.41. The summed E-state index contributed by atoms with van der Waals surface area (Å²) in [5.41, 5.74) is 3.12. The highest BCUT2D eigenvalue weighted by atomic mass is 35.5. The van der Waals surface area contributed by atoms with Crippen LogP contribution in [0.5, 0.6) is 0 Å². The van der Waals surface area contributed by atoms with Crippen LogP contribution in [0.4, 0.5) is 10.1 Å². The van der Waals surface area contributed by atoms with Gasteiger partial charge in [-0.1, -0.05) is 78.7 Å². The van der Waals surface area contributed by atoms with Gasteiger partial charge < -0.3 is 10.2 Å². The van der Waals surface area contributed by atoms with Gasteiger partial charge in [-0.05, 0) is 79.4 Å². The van der Waals surface area contributed by atoms with Crippen LogP contribution >= 0.6 is 11.6 Å². The van der Waals surface area contributed by atoms with Crippen LogP contribution in [0.1, 0.15) is 35.6 Å². The van der Waals surface area contributed by atoms with Crippen molar-refractivity contribution in [3.8, 4) is 0 Å². The number of carbonyl (C=O) groups excluding carboxylic acids is 2. The Morgan fingerprint density at radius 2 is 1.56 bits per heavy atom. The van der Waals surface area contributed by atoms with Crippen LogP contribution in [0.3, 0.4) is 0 Å². The predicted molar refractivity (Wildman–Crippen MR) is 176 cm³/mol. The van der Waals surface area contributed by atoms with E-state index < -0.39 is 34.3 Å². The molecule has 1 atom stereocenters. The van der Waals surface area contributed by atoms with Gasteiger partial charge in [-0.3, -0.25) is 13.9 Å². The highest BCUT2D eigenvalue weighted by Crippen LogP contribution is 2.30. The summed E-state index contributed by atoms with van der Waals surface area (Å²) in [6, 6.07) is 25.1. The highest BCUT2D eigenvalue weighted by Gasteiger charge is 2.35. The van der Waals surface area contributed by atoms with Gasteiger partial charge in [0.05, 0.1) is 10.6 Å². The molecule has 1 unspecified atom stereocenters. The molecule has 0 aliphatic heterocycles. The zero-order valence-electron chi connectivity index (χ0n) is 25.5. The molecular formula is C35H37ClFN3O4S. The molecule has 0 heterocycles. The maximum absolute atomic E-state index is 14.5. The fourth-order valence-electron chi connectivity index (χ4n) is 4.96. The van der Waals surface area contributed by atoms with E-state index in [1.165, 1.54) is 29.2 Å². The van der Waals surface area contributed by atoms with E-state index in [1.54, 1.807) is 49.4 Å². The fourth-order valence-corrected chi connectivity index (χ4v) is 6.66. The van der Waals surface area contributed by atoms with Gasteiger partial charge in [-0.2, -0.15) is 0 Å². The van der Waals surface area contributed by atoms with Gasteiger partial charge in [0.15, 0.2) is 0 Å². The molecule has 4 aromatic rings. The van der Waals surface area contributed by atoms with Crippen molar-refractivity contribution in [2.45, 2.75) is 51.1 Å². The lowest BCUT2D eigenvalue weighted by Gasteiger charge is -2.34. The van der Waals surface area contributed by atoms with E-state index in [9.17, 15) is 22.4 Å². The molecule has 0 saturated carbocycles. The van der Waals surface area contributed by atoms with Crippen LogP contribution in [0.2, 0.25) is 5.02 Å². The summed E-state index contributed by atoms with van der Waals surface area (Å²) >= 11 is 6.21. The molecule has 7 nitrogen and oxygen atoms in total. The number of nitrogens with one attached hydrogen (secondary N) is 1. The molecule has 0 fully saturated rings. The van der Waals surface area contributed by atoms with Crippen molar-refractivity contribution < 1.29 is 22.4 Å². The molecule has 0 bridgehead atoms. The molecule has 0 aliphatic carbocycles. The van der Waals surface area contributed by atoms with Crippen LogP contribution in [0.25, 0.3) is 0 Å². The van der Waals surface area contributed by atoms with E-state index in [-0.39, 0.29) is 29.5 Å². The van der Waals surface area contributed by atoms with Crippen molar-refractivity contribution in [3.05, 3.63) is 130 Å². The number of aryl methyl sites for hydroxylation is 2. The minimum absolute atomic E-state index is 0.0156. The average molecular weight is 650 g/mol. The Bertz CT molecular complexity index is 1720. The number of anilines is 1. The van der Waals surface area contributed by atoms with Crippen molar-refractivity contribution in [1.29, 1.82) is 0 Å². The van der Waals surface area contributed by atoms with E-state index >= 15 is 0 Å². The third kappa shape index (κ3) is 8.71. The predicted octanol–water partition coefficient (Wildman–Crippen LogP) is 6.46. The van der Waals surface area contributed by atoms with Crippen molar-refractivity contribution in [3.63, 3.8) is 0 Å². The van der Waals surface area contributed by atoms with Crippen molar-refractivity contribution >= 4 is 39.1 Å². The van der Waals surface area contributed by atoms with E-state index in [1.807, 2.05) is 44.2 Å². The van der Waals surface area contributed by atoms with Crippen LogP contribution in [0.15, 0.2) is 102 Å². The molecule has 2 amide bonds. The van der Waals surface area contributed by atoms with Gasteiger partial charge in [0, 0.05) is 24.5 Å². The van der Waals surface area contributed by atoms with E-state index in [2.05, 4.69) is 5.32 Å². The Morgan fingerprint density at radius 3 is 2.18 bits per heavy atom. The third-order valence-corrected chi connectivity index (χ3v) is 9.41. The van der Waals surface area contributed by atoms with Gasteiger partial charge in [0.2, 0.25) is 11.8 Å². The Labute approximate surface area is 269 Å². The second-order valence-electron chi connectivity index (χ2n) is 10.9. The zero-order chi connectivity index (χ0) is 32.6. The number of benzene rings is 4. The fraction of sp³-hybridized carbons (Fsp3) is 0.257. The number of hydrogen-bond acceptors (Lipinski definition) is 4. The second kappa shape index (κ2) is 15.2. The van der Waals surface area contributed by atoms with E-state index in [0.29, 0.717) is 29.1 Å². The van der Waals surface area contributed by atoms with Crippen LogP contribution in [0, 0.1) is 19.7 Å². The second-order valence-corrected chi connectivity index (χ2v) is 13.2. The molecule has 1 N–H and O–H groups in total. The normalized spacial score (nSPS) is 11.9. The smallest absolute Gasteiger partial charge is 0.264 e. The maximum Gasteiger partial charge on any atom is 0.264 e. The van der Waals surface area contributed by atoms with Crippen LogP contribution in [-0.4, -0.2) is 44.3 Å². The van der Waals surface area contributed by atoms with Crippen molar-refractivity contribution in [2.75, 3.05) is 17.4 Å². The minimum Gasteiger partial charge on any atom is -0.354 e. The maximum atomic E-state index is 14.5. The largest absolute Gasteiger partial charge is 0.354 e. The van der Waals surface area contributed by atoms with Crippen LogP contribution in [-0.2, 0) is 32.6 Å². The average Bonchev–Trinajstić information content (AvgIpc) is 3.02.